The van der Waals surface area contributed by atoms with Crippen molar-refractivity contribution in [3.05, 3.63) is 34.9 Å². The molecule has 1 aliphatic heterocycles. The van der Waals surface area contributed by atoms with Crippen molar-refractivity contribution in [3.63, 3.8) is 0 Å². The van der Waals surface area contributed by atoms with Gasteiger partial charge in [-0.1, -0.05) is 12.1 Å². The highest BCUT2D eigenvalue weighted by Gasteiger charge is 2.18. The third-order valence-electron chi connectivity index (χ3n) is 4.04. The van der Waals surface area contributed by atoms with Crippen molar-refractivity contribution < 1.29 is 14.6 Å². The number of nitrogens with zero attached hydrogens (tertiary/aromatic N) is 1. The fraction of sp³-hybridized carbons (Fsp3) is 0.588. The van der Waals surface area contributed by atoms with Gasteiger partial charge in [-0.15, -0.1) is 0 Å². The molecule has 0 aromatic heterocycles. The largest absolute Gasteiger partial charge is 0.395 e. The fourth-order valence-electron chi connectivity index (χ4n) is 2.68. The van der Waals surface area contributed by atoms with Crippen LogP contribution in [0.25, 0.3) is 0 Å². The Kier molecular flexibility index (Phi) is 6.36. The molecule has 5 heteroatoms. The quantitative estimate of drug-likeness (QED) is 0.832. The predicted molar refractivity (Wildman–Crippen MR) is 85.9 cm³/mol. The first-order chi connectivity index (χ1) is 10.6. The number of hydrogen-bond acceptors (Lipinski definition) is 4. The molecule has 2 rings (SSSR count). The number of benzene rings is 1. The van der Waals surface area contributed by atoms with Crippen LogP contribution in [0.4, 0.5) is 0 Å². The van der Waals surface area contributed by atoms with Crippen LogP contribution >= 0.6 is 0 Å². The Bertz CT molecular complexity index is 499. The molecule has 122 valence electrons. The average molecular weight is 306 g/mol. The van der Waals surface area contributed by atoms with E-state index in [1.165, 1.54) is 0 Å². The molecule has 5 nitrogen and oxygen atoms in total. The fourth-order valence-corrected chi connectivity index (χ4v) is 2.68. The Morgan fingerprint density at radius 2 is 2.14 bits per heavy atom. The van der Waals surface area contributed by atoms with Crippen LogP contribution in [0, 0.1) is 6.92 Å². The monoisotopic (exact) mass is 306 g/mol. The van der Waals surface area contributed by atoms with E-state index < -0.39 is 0 Å². The number of likely N-dealkylation sites (N-methyl/N-ethyl adjacent to an activating group) is 1. The lowest BCUT2D eigenvalue weighted by Gasteiger charge is -2.23. The van der Waals surface area contributed by atoms with Crippen LogP contribution in [0.15, 0.2) is 18.2 Å². The molecule has 1 saturated heterocycles. The highest BCUT2D eigenvalue weighted by Crippen LogP contribution is 2.14. The Hall–Kier alpha value is -1.43. The number of hydrogen-bond donors (Lipinski definition) is 2. The van der Waals surface area contributed by atoms with E-state index in [-0.39, 0.29) is 18.6 Å². The van der Waals surface area contributed by atoms with E-state index >= 15 is 0 Å². The maximum absolute atomic E-state index is 12.5. The molecule has 0 radical (unpaired) electrons. The minimum atomic E-state index is -0.00365. The molecule has 0 unspecified atom stereocenters. The molecule has 1 aromatic carbocycles. The van der Waals surface area contributed by atoms with Crippen molar-refractivity contribution in [2.75, 3.05) is 33.4 Å². The van der Waals surface area contributed by atoms with Crippen LogP contribution in [0.2, 0.25) is 0 Å². The summed E-state index contributed by atoms with van der Waals surface area (Å²) >= 11 is 0. The molecular formula is C17H26N2O3. The molecule has 0 atom stereocenters. The summed E-state index contributed by atoms with van der Waals surface area (Å²) in [7, 11) is 1.96. The zero-order chi connectivity index (χ0) is 15.9. The van der Waals surface area contributed by atoms with Crippen molar-refractivity contribution in [1.29, 1.82) is 0 Å². The van der Waals surface area contributed by atoms with E-state index in [4.69, 9.17) is 9.84 Å². The highest BCUT2D eigenvalue weighted by atomic mass is 16.5. The molecular weight excluding hydrogens is 280 g/mol. The highest BCUT2D eigenvalue weighted by molar-refractivity contribution is 5.96. The van der Waals surface area contributed by atoms with E-state index in [2.05, 4.69) is 5.32 Å². The zero-order valence-corrected chi connectivity index (χ0v) is 13.5. The maximum Gasteiger partial charge on any atom is 0.251 e. The van der Waals surface area contributed by atoms with Crippen molar-refractivity contribution in [2.45, 2.75) is 32.4 Å². The summed E-state index contributed by atoms with van der Waals surface area (Å²) in [5.41, 5.74) is 2.80. The molecule has 1 amide bonds. The second-order valence-corrected chi connectivity index (χ2v) is 5.97. The van der Waals surface area contributed by atoms with E-state index in [0.717, 1.165) is 49.3 Å². The number of carbonyl (C=O) groups excluding carboxylic acids is 1. The summed E-state index contributed by atoms with van der Waals surface area (Å²) in [5.74, 6) is -0.00365. The topological polar surface area (TPSA) is 61.8 Å². The summed E-state index contributed by atoms with van der Waals surface area (Å²) in [6, 6.07) is 6.19. The summed E-state index contributed by atoms with van der Waals surface area (Å²) in [6.07, 6.45) is 1.76. The van der Waals surface area contributed by atoms with E-state index in [9.17, 15) is 4.79 Å². The third-order valence-corrected chi connectivity index (χ3v) is 4.04. The van der Waals surface area contributed by atoms with Crippen molar-refractivity contribution in [1.82, 2.24) is 10.2 Å². The van der Waals surface area contributed by atoms with Crippen LogP contribution in [-0.4, -0.2) is 55.4 Å². The molecule has 0 spiro atoms. The second-order valence-electron chi connectivity index (χ2n) is 5.97. The molecule has 0 saturated carbocycles. The van der Waals surface area contributed by atoms with Crippen molar-refractivity contribution in [3.8, 4) is 0 Å². The Morgan fingerprint density at radius 3 is 2.82 bits per heavy atom. The molecule has 1 heterocycles. The van der Waals surface area contributed by atoms with Gasteiger partial charge in [0.2, 0.25) is 0 Å². The van der Waals surface area contributed by atoms with E-state index in [1.54, 1.807) is 0 Å². The van der Waals surface area contributed by atoms with E-state index in [1.807, 2.05) is 37.1 Å². The van der Waals surface area contributed by atoms with Crippen molar-refractivity contribution in [2.24, 2.45) is 0 Å². The number of carbonyl (C=O) groups is 1. The number of aliphatic hydroxyl groups excluding tert-OH is 1. The first kappa shape index (κ1) is 16.9. The molecule has 1 aliphatic rings. The SMILES string of the molecule is Cc1ccc(CN(C)CCO)cc1C(=O)NC1CCOCC1. The van der Waals surface area contributed by atoms with Crippen LogP contribution < -0.4 is 5.32 Å². The molecule has 0 aliphatic carbocycles. The number of nitrogens with one attached hydrogen (secondary N) is 1. The number of rotatable bonds is 6. The van der Waals surface area contributed by atoms with Gasteiger partial charge in [0.1, 0.15) is 0 Å². The Balaban J connectivity index is 2.03. The van der Waals surface area contributed by atoms with Gasteiger partial charge in [0.05, 0.1) is 6.61 Å². The lowest BCUT2D eigenvalue weighted by Crippen LogP contribution is -2.39. The number of aryl methyl sites for hydroxylation is 1. The van der Waals surface area contributed by atoms with Gasteiger partial charge in [0.25, 0.3) is 5.91 Å². The summed E-state index contributed by atoms with van der Waals surface area (Å²) in [4.78, 5) is 14.5. The average Bonchev–Trinajstić information content (AvgIpc) is 2.50. The number of ether oxygens (including phenoxy) is 1. The summed E-state index contributed by atoms with van der Waals surface area (Å²) in [6.45, 7) is 4.88. The second kappa shape index (κ2) is 8.27. The van der Waals surface area contributed by atoms with Crippen LogP contribution in [0.5, 0.6) is 0 Å². The lowest BCUT2D eigenvalue weighted by molar-refractivity contribution is 0.0696. The van der Waals surface area contributed by atoms with Gasteiger partial charge in [-0.05, 0) is 44.0 Å². The molecule has 1 fully saturated rings. The first-order valence-electron chi connectivity index (χ1n) is 7.87. The molecule has 0 bridgehead atoms. The third kappa shape index (κ3) is 4.80. The smallest absolute Gasteiger partial charge is 0.251 e. The zero-order valence-electron chi connectivity index (χ0n) is 13.5. The van der Waals surface area contributed by atoms with Crippen LogP contribution in [0.3, 0.4) is 0 Å². The maximum atomic E-state index is 12.5. The van der Waals surface area contributed by atoms with Crippen LogP contribution in [0.1, 0.15) is 34.3 Å². The Morgan fingerprint density at radius 1 is 1.41 bits per heavy atom. The number of aliphatic hydroxyl groups is 1. The first-order valence-corrected chi connectivity index (χ1v) is 7.87. The van der Waals surface area contributed by atoms with E-state index in [0.29, 0.717) is 6.54 Å². The van der Waals surface area contributed by atoms with Gasteiger partial charge in [-0.2, -0.15) is 0 Å². The van der Waals surface area contributed by atoms with Gasteiger partial charge in [-0.25, -0.2) is 0 Å². The van der Waals surface area contributed by atoms with Gasteiger partial charge in [0, 0.05) is 37.9 Å². The van der Waals surface area contributed by atoms with Gasteiger partial charge >= 0.3 is 0 Å². The predicted octanol–water partition coefficient (Wildman–Crippen LogP) is 1.33. The molecule has 1 aromatic rings. The van der Waals surface area contributed by atoms with Gasteiger partial charge in [0.15, 0.2) is 0 Å². The van der Waals surface area contributed by atoms with Gasteiger partial charge in [-0.3, -0.25) is 9.69 Å². The minimum absolute atomic E-state index is 0.00365. The minimum Gasteiger partial charge on any atom is -0.395 e. The van der Waals surface area contributed by atoms with Crippen LogP contribution in [-0.2, 0) is 11.3 Å². The summed E-state index contributed by atoms with van der Waals surface area (Å²) in [5, 5.41) is 12.1. The van der Waals surface area contributed by atoms with Crippen molar-refractivity contribution >= 4 is 5.91 Å². The summed E-state index contributed by atoms with van der Waals surface area (Å²) < 4.78 is 5.32. The lowest BCUT2D eigenvalue weighted by atomic mass is 10.0. The normalized spacial score (nSPS) is 16.0. The number of amides is 1. The van der Waals surface area contributed by atoms with Gasteiger partial charge < -0.3 is 15.2 Å². The molecule has 2 N–H and O–H groups in total. The Labute approximate surface area is 132 Å². The standard InChI is InChI=1S/C17H26N2O3/c1-13-3-4-14(12-19(2)7-8-20)11-16(13)17(21)18-15-5-9-22-10-6-15/h3-4,11,15,20H,5-10,12H2,1-2H3,(H,18,21). The molecule has 22 heavy (non-hydrogen) atoms.